The van der Waals surface area contributed by atoms with E-state index < -0.39 is 5.90 Å². The summed E-state index contributed by atoms with van der Waals surface area (Å²) in [6.07, 6.45) is 4.22. The van der Waals surface area contributed by atoms with Crippen LogP contribution < -0.4 is 9.64 Å². The van der Waals surface area contributed by atoms with E-state index in [1.807, 2.05) is 32.1 Å². The van der Waals surface area contributed by atoms with Gasteiger partial charge in [0.05, 0.1) is 7.11 Å². The first kappa shape index (κ1) is 33.3. The first-order valence-electron chi connectivity index (χ1n) is 13.6. The second-order valence-electron chi connectivity index (χ2n) is 9.74. The van der Waals surface area contributed by atoms with Gasteiger partial charge < -0.3 is 25.1 Å². The molecular weight excluding hydrogens is 559 g/mol. The van der Waals surface area contributed by atoms with Gasteiger partial charge in [0.1, 0.15) is 5.75 Å². The number of amides is 1. The Labute approximate surface area is 254 Å². The van der Waals surface area contributed by atoms with Crippen LogP contribution in [0.4, 0.5) is 5.69 Å². The van der Waals surface area contributed by atoms with E-state index >= 15 is 0 Å². The van der Waals surface area contributed by atoms with Crippen molar-refractivity contribution < 1.29 is 31.4 Å². The number of nitrogens with one attached hydrogen (secondary N) is 2. The summed E-state index contributed by atoms with van der Waals surface area (Å²) >= 11 is 0. The van der Waals surface area contributed by atoms with E-state index in [1.54, 1.807) is 36.3 Å². The van der Waals surface area contributed by atoms with E-state index in [1.165, 1.54) is 28.7 Å². The molecule has 1 unspecified atom stereocenters. The van der Waals surface area contributed by atoms with Crippen LogP contribution in [0.1, 0.15) is 54.7 Å². The van der Waals surface area contributed by atoms with Crippen molar-refractivity contribution in [1.29, 1.82) is 10.8 Å². The van der Waals surface area contributed by atoms with Gasteiger partial charge in [-0.25, -0.2) is 0 Å². The van der Waals surface area contributed by atoms with Crippen LogP contribution in [0.2, 0.25) is 0 Å². The van der Waals surface area contributed by atoms with E-state index in [9.17, 15) is 4.79 Å². The van der Waals surface area contributed by atoms with Crippen molar-refractivity contribution in [2.45, 2.75) is 39.5 Å². The third-order valence-electron chi connectivity index (χ3n) is 7.36. The molecular formula is C33H40CoN4O3. The van der Waals surface area contributed by atoms with Gasteiger partial charge in [-0.1, -0.05) is 30.3 Å². The topological polar surface area (TPSA) is 101 Å². The average Bonchev–Trinajstić information content (AvgIpc) is 3.20. The zero-order valence-electron chi connectivity index (χ0n) is 24.4. The van der Waals surface area contributed by atoms with Gasteiger partial charge in [0.15, 0.2) is 0 Å². The molecule has 1 atom stereocenters. The molecule has 0 aromatic heterocycles. The Morgan fingerprint density at radius 3 is 2.12 bits per heavy atom. The summed E-state index contributed by atoms with van der Waals surface area (Å²) in [5, 5.41) is 23.6. The summed E-state index contributed by atoms with van der Waals surface area (Å²) in [5.74, 6) is 0.364. The predicted octanol–water partition coefficient (Wildman–Crippen LogP) is 6.62. The van der Waals surface area contributed by atoms with E-state index in [0.29, 0.717) is 24.2 Å². The Hall–Kier alpha value is -3.88. The molecule has 0 bridgehead atoms. The monoisotopic (exact) mass is 599 g/mol. The van der Waals surface area contributed by atoms with Crippen molar-refractivity contribution >= 4 is 23.7 Å². The molecule has 4 rings (SSSR count). The molecule has 0 fully saturated rings. The molecule has 0 spiro atoms. The number of aliphatic hydroxyl groups is 1. The Morgan fingerprint density at radius 1 is 1.00 bits per heavy atom. The fourth-order valence-electron chi connectivity index (χ4n) is 5.23. The number of benzene rings is 3. The van der Waals surface area contributed by atoms with E-state index in [0.717, 1.165) is 18.7 Å². The zero-order valence-corrected chi connectivity index (χ0v) is 25.4. The van der Waals surface area contributed by atoms with Gasteiger partial charge >= 0.3 is 0 Å². The van der Waals surface area contributed by atoms with Crippen LogP contribution >= 0.6 is 0 Å². The minimum atomic E-state index is -0.484. The number of anilines is 1. The van der Waals surface area contributed by atoms with Crippen molar-refractivity contribution in [3.8, 4) is 5.75 Å². The van der Waals surface area contributed by atoms with Crippen LogP contribution in [0, 0.1) is 10.8 Å². The molecule has 1 heterocycles. The number of aliphatic hydroxyl groups excluding tert-OH is 1. The second-order valence-corrected chi connectivity index (χ2v) is 9.74. The van der Waals surface area contributed by atoms with Crippen molar-refractivity contribution in [2.24, 2.45) is 0 Å². The van der Waals surface area contributed by atoms with Gasteiger partial charge in [0.25, 0.3) is 5.91 Å². The molecule has 0 saturated heterocycles. The standard InChI is InChI=1S/C21H24N2O.C12H16N2O2.Co/c1-4-23-19-11-10-17(24-3)14-18(19)21(2,20(23)12-13-22)15-16-8-6-5-7-9-16;1-3-14(4-2)12(16)10-7-5-9(6-8-10)11(13)15;/h5-14,22H,4,15H2,1-3H3;5-8H,3-4H2,1-2H3,(H2,13,15);/b20-12-,22-13?;;. The van der Waals surface area contributed by atoms with Crippen LogP contribution in [-0.4, -0.2) is 54.8 Å². The number of hydrogen-bond acceptors (Lipinski definition) is 5. The molecule has 41 heavy (non-hydrogen) atoms. The number of rotatable bonds is 9. The fraction of sp³-hybridized carbons (Fsp3) is 0.303. The maximum atomic E-state index is 11.9. The molecule has 219 valence electrons. The largest absolute Gasteiger partial charge is 0.497 e. The van der Waals surface area contributed by atoms with E-state index in [4.69, 9.17) is 20.7 Å². The van der Waals surface area contributed by atoms with Gasteiger partial charge in [-0.05, 0) is 93.8 Å². The first-order chi connectivity index (χ1) is 19.2. The maximum absolute atomic E-state index is 11.9. The van der Waals surface area contributed by atoms with Gasteiger partial charge in [-0.3, -0.25) is 10.2 Å². The van der Waals surface area contributed by atoms with Crippen LogP contribution in [0.3, 0.4) is 0 Å². The van der Waals surface area contributed by atoms with Crippen molar-refractivity contribution in [1.82, 2.24) is 4.90 Å². The van der Waals surface area contributed by atoms with Crippen LogP contribution in [0.15, 0.2) is 84.6 Å². The van der Waals surface area contributed by atoms with Crippen LogP contribution in [0.5, 0.6) is 5.75 Å². The molecule has 3 aromatic rings. The Morgan fingerprint density at radius 2 is 1.61 bits per heavy atom. The SMILES string of the molecule is CCN(CC)C(=O)c1ccc(C(=N)O)cc1.CCN1/C(=C\C=N)C(C)(Cc2ccccc2)c2cc(OC)ccc21.[Co]. The summed E-state index contributed by atoms with van der Waals surface area (Å²) in [7, 11) is 1.71. The van der Waals surface area contributed by atoms with Crippen LogP contribution in [-0.2, 0) is 28.6 Å². The molecule has 1 radical (unpaired) electrons. The Balaban J connectivity index is 0.000000304. The Kier molecular flexibility index (Phi) is 12.4. The third-order valence-corrected chi connectivity index (χ3v) is 7.36. The molecule has 1 aliphatic rings. The number of ether oxygens (including phenoxy) is 1. The van der Waals surface area contributed by atoms with Crippen LogP contribution in [0.25, 0.3) is 0 Å². The van der Waals surface area contributed by atoms with Gasteiger partial charge in [-0.2, -0.15) is 0 Å². The molecule has 0 saturated carbocycles. The molecule has 0 aliphatic carbocycles. The number of carbonyl (C=O) groups excluding carboxylic acids is 1. The zero-order chi connectivity index (χ0) is 29.3. The average molecular weight is 600 g/mol. The number of carbonyl (C=O) groups is 1. The van der Waals surface area contributed by atoms with Gasteiger partial charge in [0, 0.05) is 70.6 Å². The fourth-order valence-corrected chi connectivity index (χ4v) is 5.23. The molecule has 1 amide bonds. The first-order valence-corrected chi connectivity index (χ1v) is 13.6. The summed E-state index contributed by atoms with van der Waals surface area (Å²) < 4.78 is 5.46. The van der Waals surface area contributed by atoms with E-state index in [-0.39, 0.29) is 28.1 Å². The van der Waals surface area contributed by atoms with Crippen molar-refractivity contribution in [3.63, 3.8) is 0 Å². The van der Waals surface area contributed by atoms with Crippen molar-refractivity contribution in [3.05, 3.63) is 107 Å². The molecule has 7 nitrogen and oxygen atoms in total. The van der Waals surface area contributed by atoms with Crippen molar-refractivity contribution in [2.75, 3.05) is 31.6 Å². The number of hydrogen-bond donors (Lipinski definition) is 3. The number of likely N-dealkylation sites (N-methyl/N-ethyl adjacent to an activating group) is 1. The Bertz CT molecular complexity index is 1350. The molecule has 1 aliphatic heterocycles. The summed E-state index contributed by atoms with van der Waals surface area (Å²) in [4.78, 5) is 15.9. The van der Waals surface area contributed by atoms with E-state index in [2.05, 4.69) is 55.1 Å². The quantitative estimate of drug-likeness (QED) is 0.190. The number of methoxy groups -OCH3 is 1. The molecule has 8 heteroatoms. The molecule has 3 N–H and O–H groups in total. The summed E-state index contributed by atoms with van der Waals surface area (Å²) in [6.45, 7) is 10.5. The summed E-state index contributed by atoms with van der Waals surface area (Å²) in [5.41, 5.74) is 5.75. The normalized spacial score (nSPS) is 16.1. The number of fused-ring (bicyclic) bond motifs is 1. The summed E-state index contributed by atoms with van der Waals surface area (Å²) in [6, 6.07) is 23.2. The van der Waals surface area contributed by atoms with Gasteiger partial charge in [0.2, 0.25) is 5.90 Å². The third kappa shape index (κ3) is 7.45. The smallest absolute Gasteiger partial charge is 0.253 e. The maximum Gasteiger partial charge on any atom is 0.253 e. The van der Waals surface area contributed by atoms with Gasteiger partial charge in [-0.15, -0.1) is 0 Å². The number of nitrogens with zero attached hydrogens (tertiary/aromatic N) is 2. The predicted molar refractivity (Wildman–Crippen MR) is 164 cm³/mol. The number of allylic oxidation sites excluding steroid dienone is 2. The molecule has 3 aromatic carbocycles. The minimum absolute atomic E-state index is 0. The minimum Gasteiger partial charge on any atom is -0.497 e. The second kappa shape index (κ2) is 15.2.